The molecule has 100 valence electrons. The second-order valence-electron chi connectivity index (χ2n) is 4.70. The second kappa shape index (κ2) is 7.02. The molecule has 0 aliphatic carbocycles. The molecule has 0 atom stereocenters. The van der Waals surface area contributed by atoms with E-state index in [0.29, 0.717) is 0 Å². The summed E-state index contributed by atoms with van der Waals surface area (Å²) in [7, 11) is 0. The van der Waals surface area contributed by atoms with Crippen LogP contribution < -0.4 is 5.32 Å². The van der Waals surface area contributed by atoms with Gasteiger partial charge in [-0.2, -0.15) is 0 Å². The van der Waals surface area contributed by atoms with Crippen molar-refractivity contribution in [2.75, 3.05) is 13.2 Å². The molecule has 1 aromatic heterocycles. The van der Waals surface area contributed by atoms with Crippen LogP contribution in [0.5, 0.6) is 0 Å². The molecule has 1 aromatic carbocycles. The smallest absolute Gasteiger partial charge is 0.0443 e. The molecule has 2 N–H and O–H groups in total. The van der Waals surface area contributed by atoms with Crippen molar-refractivity contribution in [3.8, 4) is 11.1 Å². The summed E-state index contributed by atoms with van der Waals surface area (Å²) in [5.74, 6) is 0. The zero-order valence-corrected chi connectivity index (χ0v) is 11.3. The lowest BCUT2D eigenvalue weighted by Gasteiger charge is -2.06. The number of aliphatic hydroxyl groups is 1. The molecule has 0 amide bonds. The van der Waals surface area contributed by atoms with Gasteiger partial charge in [-0.25, -0.2) is 0 Å². The van der Waals surface area contributed by atoms with Gasteiger partial charge < -0.3 is 10.4 Å². The van der Waals surface area contributed by atoms with E-state index in [0.717, 1.165) is 25.1 Å². The van der Waals surface area contributed by atoms with E-state index in [9.17, 15) is 0 Å². The predicted octanol–water partition coefficient (Wildman–Crippen LogP) is 2.53. The topological polar surface area (TPSA) is 45.2 Å². The largest absolute Gasteiger partial charge is 0.396 e. The van der Waals surface area contributed by atoms with Crippen molar-refractivity contribution in [1.82, 2.24) is 10.3 Å². The Morgan fingerprint density at radius 2 is 1.89 bits per heavy atom. The van der Waals surface area contributed by atoms with Crippen molar-refractivity contribution >= 4 is 0 Å². The maximum atomic E-state index is 8.70. The van der Waals surface area contributed by atoms with Crippen LogP contribution in [0, 0.1) is 6.92 Å². The summed E-state index contributed by atoms with van der Waals surface area (Å²) < 4.78 is 0. The van der Waals surface area contributed by atoms with Crippen LogP contribution in [0.2, 0.25) is 0 Å². The number of pyridine rings is 1. The van der Waals surface area contributed by atoms with E-state index in [1.165, 1.54) is 16.7 Å². The number of rotatable bonds is 6. The number of nitrogens with zero attached hydrogens (tertiary/aromatic N) is 1. The van der Waals surface area contributed by atoms with Gasteiger partial charge in [0.05, 0.1) is 0 Å². The number of aromatic nitrogens is 1. The Labute approximate surface area is 114 Å². The molecule has 2 rings (SSSR count). The summed E-state index contributed by atoms with van der Waals surface area (Å²) in [6.45, 7) is 3.98. The summed E-state index contributed by atoms with van der Waals surface area (Å²) in [6.07, 6.45) is 4.55. The van der Waals surface area contributed by atoms with Crippen LogP contribution in [0.1, 0.15) is 17.5 Å². The molecule has 0 aliphatic rings. The molecule has 0 radical (unpaired) electrons. The number of hydrogen-bond acceptors (Lipinski definition) is 3. The van der Waals surface area contributed by atoms with Crippen LogP contribution in [0.25, 0.3) is 11.1 Å². The molecule has 0 unspecified atom stereocenters. The fourth-order valence-electron chi connectivity index (χ4n) is 1.96. The molecule has 0 saturated carbocycles. The van der Waals surface area contributed by atoms with E-state index in [2.05, 4.69) is 47.6 Å². The van der Waals surface area contributed by atoms with Crippen molar-refractivity contribution in [1.29, 1.82) is 0 Å². The Morgan fingerprint density at radius 1 is 1.11 bits per heavy atom. The lowest BCUT2D eigenvalue weighted by atomic mass is 10.0. The molecule has 0 aliphatic heterocycles. The van der Waals surface area contributed by atoms with Crippen LogP contribution in [0.15, 0.2) is 42.7 Å². The summed E-state index contributed by atoms with van der Waals surface area (Å²) in [6, 6.07) is 10.6. The van der Waals surface area contributed by atoms with E-state index >= 15 is 0 Å². The maximum absolute atomic E-state index is 8.70. The summed E-state index contributed by atoms with van der Waals surface area (Å²) in [5.41, 5.74) is 4.77. The molecule has 3 heteroatoms. The van der Waals surface area contributed by atoms with Gasteiger partial charge in [-0.15, -0.1) is 0 Å². The molecular formula is C16H20N2O. The summed E-state index contributed by atoms with van der Waals surface area (Å²) in [4.78, 5) is 4.22. The average molecular weight is 256 g/mol. The predicted molar refractivity (Wildman–Crippen MR) is 77.8 cm³/mol. The minimum absolute atomic E-state index is 0.242. The minimum Gasteiger partial charge on any atom is -0.396 e. The van der Waals surface area contributed by atoms with Crippen molar-refractivity contribution in [3.05, 3.63) is 53.9 Å². The third kappa shape index (κ3) is 4.16. The van der Waals surface area contributed by atoms with Gasteiger partial charge in [0.25, 0.3) is 0 Å². The normalized spacial score (nSPS) is 10.6. The Balaban J connectivity index is 1.98. The number of aryl methyl sites for hydroxylation is 1. The number of benzene rings is 1. The fraction of sp³-hybridized carbons (Fsp3) is 0.312. The van der Waals surface area contributed by atoms with Gasteiger partial charge in [0.1, 0.15) is 0 Å². The van der Waals surface area contributed by atoms with Crippen molar-refractivity contribution in [3.63, 3.8) is 0 Å². The Hall–Kier alpha value is -1.71. The van der Waals surface area contributed by atoms with Crippen molar-refractivity contribution in [2.24, 2.45) is 0 Å². The standard InChI is InChI=1S/C16H20N2O/c1-13-9-16(12-18-10-13)15-5-3-14(4-6-15)11-17-7-2-8-19/h3-6,9-10,12,17,19H,2,7-8,11H2,1H3. The van der Waals surface area contributed by atoms with Gasteiger partial charge in [-0.3, -0.25) is 4.98 Å². The van der Waals surface area contributed by atoms with Gasteiger partial charge in [0, 0.05) is 31.1 Å². The van der Waals surface area contributed by atoms with Gasteiger partial charge in [0.2, 0.25) is 0 Å². The Morgan fingerprint density at radius 3 is 2.58 bits per heavy atom. The first-order chi connectivity index (χ1) is 9.29. The summed E-state index contributed by atoms with van der Waals surface area (Å²) in [5, 5.41) is 12.0. The first-order valence-corrected chi connectivity index (χ1v) is 6.62. The molecule has 0 fully saturated rings. The molecule has 3 nitrogen and oxygen atoms in total. The van der Waals surface area contributed by atoms with Crippen LogP contribution in [-0.2, 0) is 6.54 Å². The zero-order valence-electron chi connectivity index (χ0n) is 11.3. The first kappa shape index (κ1) is 13.7. The SMILES string of the molecule is Cc1cncc(-c2ccc(CNCCCO)cc2)c1. The highest BCUT2D eigenvalue weighted by Gasteiger charge is 1.99. The highest BCUT2D eigenvalue weighted by Crippen LogP contribution is 2.19. The molecule has 2 aromatic rings. The van der Waals surface area contributed by atoms with Crippen LogP contribution >= 0.6 is 0 Å². The van der Waals surface area contributed by atoms with Crippen molar-refractivity contribution in [2.45, 2.75) is 19.9 Å². The van der Waals surface area contributed by atoms with Crippen LogP contribution in [-0.4, -0.2) is 23.2 Å². The first-order valence-electron chi connectivity index (χ1n) is 6.62. The van der Waals surface area contributed by atoms with Gasteiger partial charge >= 0.3 is 0 Å². The monoisotopic (exact) mass is 256 g/mol. The lowest BCUT2D eigenvalue weighted by molar-refractivity contribution is 0.286. The molecule has 1 heterocycles. The minimum atomic E-state index is 0.242. The number of hydrogen-bond donors (Lipinski definition) is 2. The molecule has 0 bridgehead atoms. The van der Waals surface area contributed by atoms with Crippen LogP contribution in [0.3, 0.4) is 0 Å². The van der Waals surface area contributed by atoms with Crippen LogP contribution in [0.4, 0.5) is 0 Å². The highest BCUT2D eigenvalue weighted by molar-refractivity contribution is 5.63. The Kier molecular flexibility index (Phi) is 5.07. The van der Waals surface area contributed by atoms with E-state index in [1.54, 1.807) is 0 Å². The molecule has 0 spiro atoms. The van der Waals surface area contributed by atoms with Gasteiger partial charge in [-0.1, -0.05) is 24.3 Å². The number of aliphatic hydroxyl groups excluding tert-OH is 1. The van der Waals surface area contributed by atoms with E-state index in [-0.39, 0.29) is 6.61 Å². The van der Waals surface area contributed by atoms with Crippen molar-refractivity contribution < 1.29 is 5.11 Å². The molecular weight excluding hydrogens is 236 g/mol. The van der Waals surface area contributed by atoms with Gasteiger partial charge in [-0.05, 0) is 42.6 Å². The summed E-state index contributed by atoms with van der Waals surface area (Å²) >= 11 is 0. The Bertz CT molecular complexity index is 508. The van der Waals surface area contributed by atoms with Gasteiger partial charge in [0.15, 0.2) is 0 Å². The average Bonchev–Trinajstić information content (AvgIpc) is 2.44. The molecule has 0 saturated heterocycles. The third-order valence-electron chi connectivity index (χ3n) is 3.00. The maximum Gasteiger partial charge on any atom is 0.0443 e. The third-order valence-corrected chi connectivity index (χ3v) is 3.00. The fourth-order valence-corrected chi connectivity index (χ4v) is 1.96. The lowest BCUT2D eigenvalue weighted by Crippen LogP contribution is -2.15. The number of nitrogens with one attached hydrogen (secondary N) is 1. The highest BCUT2D eigenvalue weighted by atomic mass is 16.3. The molecule has 19 heavy (non-hydrogen) atoms. The van der Waals surface area contributed by atoms with E-state index in [1.807, 2.05) is 12.4 Å². The second-order valence-corrected chi connectivity index (χ2v) is 4.70. The van der Waals surface area contributed by atoms with E-state index in [4.69, 9.17) is 5.11 Å². The quantitative estimate of drug-likeness (QED) is 0.781. The van der Waals surface area contributed by atoms with E-state index < -0.39 is 0 Å². The zero-order chi connectivity index (χ0) is 13.5.